The van der Waals surface area contributed by atoms with Gasteiger partial charge in [0.1, 0.15) is 18.3 Å². The van der Waals surface area contributed by atoms with E-state index < -0.39 is 77.9 Å². The molecule has 0 spiro atoms. The molecule has 1 saturated heterocycles. The maximum absolute atomic E-state index is 14.9. The molecule has 1 aliphatic carbocycles. The van der Waals surface area contributed by atoms with E-state index in [1.54, 1.807) is 34.6 Å². The van der Waals surface area contributed by atoms with Crippen LogP contribution in [0.3, 0.4) is 0 Å². The van der Waals surface area contributed by atoms with E-state index in [0.29, 0.717) is 12.8 Å². The number of hydrogen-bond donors (Lipinski definition) is 3. The number of rotatable bonds is 12. The third kappa shape index (κ3) is 7.86. The zero-order chi connectivity index (χ0) is 31.1. The van der Waals surface area contributed by atoms with Crippen LogP contribution >= 0.6 is 0 Å². The summed E-state index contributed by atoms with van der Waals surface area (Å²) in [5, 5.41) is 8.03. The second-order valence-electron chi connectivity index (χ2n) is 12.0. The second-order valence-corrected chi connectivity index (χ2v) is 12.0. The molecule has 1 aromatic rings. The standard InChI is InChI=1S/C31H45FN4O6/c1-7-11-24(27(37)29(39)33-19(6)20-12-9-8-10-13-20)34-28(38)26-21-14-15-23(32)22(21)16-36(26)30(40)25(17(2)3)35-31(41)42-18(4)5/h8-10,12-13,17-19,21-26H,7,11,14-16H2,1-6H3,(H,33,39)(H,34,38)(H,35,41)/t19-,21-,22-,23-,24-,25-,26-/m0/s1. The number of amides is 4. The van der Waals surface area contributed by atoms with Gasteiger partial charge in [-0.3, -0.25) is 19.2 Å². The Kier molecular flexibility index (Phi) is 11.5. The molecule has 2 aliphatic rings. The van der Waals surface area contributed by atoms with E-state index in [2.05, 4.69) is 16.0 Å². The Labute approximate surface area is 247 Å². The van der Waals surface area contributed by atoms with Crippen molar-refractivity contribution in [2.75, 3.05) is 6.54 Å². The van der Waals surface area contributed by atoms with Crippen LogP contribution < -0.4 is 16.0 Å². The van der Waals surface area contributed by atoms with Crippen LogP contribution in [0, 0.1) is 17.8 Å². The summed E-state index contributed by atoms with van der Waals surface area (Å²) in [5.41, 5.74) is 0.827. The first-order valence-corrected chi connectivity index (χ1v) is 15.0. The van der Waals surface area contributed by atoms with Crippen molar-refractivity contribution in [2.45, 2.75) is 104 Å². The van der Waals surface area contributed by atoms with Crippen LogP contribution in [0.4, 0.5) is 9.18 Å². The van der Waals surface area contributed by atoms with E-state index in [4.69, 9.17) is 4.74 Å². The van der Waals surface area contributed by atoms with Crippen LogP contribution in [-0.2, 0) is 23.9 Å². The Morgan fingerprint density at radius 3 is 2.21 bits per heavy atom. The molecule has 0 unspecified atom stereocenters. The quantitative estimate of drug-likeness (QED) is 0.320. The molecule has 1 saturated carbocycles. The smallest absolute Gasteiger partial charge is 0.408 e. The lowest BCUT2D eigenvalue weighted by atomic mass is 9.92. The number of hydrogen-bond acceptors (Lipinski definition) is 6. The molecular weight excluding hydrogens is 543 g/mol. The molecular formula is C31H45FN4O6. The third-order valence-electron chi connectivity index (χ3n) is 8.12. The molecule has 0 bridgehead atoms. The van der Waals surface area contributed by atoms with Gasteiger partial charge in [0.05, 0.1) is 18.2 Å². The first-order valence-electron chi connectivity index (χ1n) is 15.0. The molecule has 7 atom stereocenters. The molecule has 3 N–H and O–H groups in total. The summed E-state index contributed by atoms with van der Waals surface area (Å²) in [6.07, 6.45) is -0.903. The van der Waals surface area contributed by atoms with Crippen molar-refractivity contribution in [2.24, 2.45) is 17.8 Å². The maximum Gasteiger partial charge on any atom is 0.408 e. The van der Waals surface area contributed by atoms with Crippen LogP contribution in [-0.4, -0.2) is 71.4 Å². The van der Waals surface area contributed by atoms with Gasteiger partial charge in [0.15, 0.2) is 0 Å². The van der Waals surface area contributed by atoms with Gasteiger partial charge in [0, 0.05) is 12.5 Å². The molecule has 3 rings (SSSR count). The van der Waals surface area contributed by atoms with E-state index in [-0.39, 0.29) is 25.3 Å². The molecule has 1 aromatic carbocycles. The molecule has 11 heteroatoms. The normalized spacial score (nSPS) is 23.6. The number of Topliss-reactive ketones (excluding diaryl/α,β-unsaturated/α-hetero) is 1. The SMILES string of the molecule is CCC[C@H](NC(=O)[C@@H]1[C@H]2CC[C@H](F)[C@H]2CN1C(=O)[C@@H](NC(=O)OC(C)C)C(C)C)C(=O)C(=O)N[C@@H](C)c1ccccc1. The minimum absolute atomic E-state index is 0.0222. The molecule has 10 nitrogen and oxygen atoms in total. The van der Waals surface area contributed by atoms with Crippen LogP contribution in [0.25, 0.3) is 0 Å². The molecule has 0 aromatic heterocycles. The van der Waals surface area contributed by atoms with E-state index >= 15 is 0 Å². The Bertz CT molecular complexity index is 1130. The summed E-state index contributed by atoms with van der Waals surface area (Å²) in [5.74, 6) is -4.03. The predicted octanol–water partition coefficient (Wildman–Crippen LogP) is 3.45. The van der Waals surface area contributed by atoms with Crippen molar-refractivity contribution in [3.63, 3.8) is 0 Å². The minimum atomic E-state index is -1.17. The van der Waals surface area contributed by atoms with Crippen molar-refractivity contribution in [3.8, 4) is 0 Å². The highest BCUT2D eigenvalue weighted by Gasteiger charge is 2.54. The molecule has 1 aliphatic heterocycles. The molecule has 4 amide bonds. The van der Waals surface area contributed by atoms with Crippen LogP contribution in [0.2, 0.25) is 0 Å². The van der Waals surface area contributed by atoms with E-state index in [1.165, 1.54) is 4.90 Å². The number of ether oxygens (including phenoxy) is 1. The van der Waals surface area contributed by atoms with E-state index in [9.17, 15) is 28.4 Å². The monoisotopic (exact) mass is 588 g/mol. The number of alkyl halides is 1. The number of fused-ring (bicyclic) bond motifs is 1. The predicted molar refractivity (Wildman–Crippen MR) is 155 cm³/mol. The average molecular weight is 589 g/mol. The fourth-order valence-corrected chi connectivity index (χ4v) is 5.96. The summed E-state index contributed by atoms with van der Waals surface area (Å²) in [4.78, 5) is 67.4. The summed E-state index contributed by atoms with van der Waals surface area (Å²) < 4.78 is 20.0. The van der Waals surface area contributed by atoms with Crippen molar-refractivity contribution < 1.29 is 33.1 Å². The Morgan fingerprint density at radius 1 is 0.952 bits per heavy atom. The van der Waals surface area contributed by atoms with Crippen molar-refractivity contribution in [1.29, 1.82) is 0 Å². The number of ketones is 1. The van der Waals surface area contributed by atoms with Gasteiger partial charge in [0.2, 0.25) is 17.6 Å². The van der Waals surface area contributed by atoms with Gasteiger partial charge in [0.25, 0.3) is 5.91 Å². The summed E-state index contributed by atoms with van der Waals surface area (Å²) in [6.45, 7) is 10.5. The highest BCUT2D eigenvalue weighted by molar-refractivity contribution is 6.38. The molecule has 42 heavy (non-hydrogen) atoms. The van der Waals surface area contributed by atoms with Crippen molar-refractivity contribution in [1.82, 2.24) is 20.9 Å². The van der Waals surface area contributed by atoms with E-state index in [0.717, 1.165) is 5.56 Å². The largest absolute Gasteiger partial charge is 0.447 e. The van der Waals surface area contributed by atoms with Gasteiger partial charge in [-0.25, -0.2) is 9.18 Å². The number of nitrogens with zero attached hydrogens (tertiary/aromatic N) is 1. The number of benzene rings is 1. The van der Waals surface area contributed by atoms with Crippen LogP contribution in [0.1, 0.15) is 78.8 Å². The summed E-state index contributed by atoms with van der Waals surface area (Å²) >= 11 is 0. The second kappa shape index (κ2) is 14.6. The number of alkyl carbamates (subject to hydrolysis) is 1. The summed E-state index contributed by atoms with van der Waals surface area (Å²) in [6, 6.07) is 5.63. The molecule has 0 radical (unpaired) electrons. The van der Waals surface area contributed by atoms with Gasteiger partial charge in [-0.05, 0) is 57.4 Å². The third-order valence-corrected chi connectivity index (χ3v) is 8.12. The minimum Gasteiger partial charge on any atom is -0.447 e. The van der Waals surface area contributed by atoms with E-state index in [1.807, 2.05) is 37.3 Å². The maximum atomic E-state index is 14.9. The molecule has 2 fully saturated rings. The first kappa shape index (κ1) is 33.0. The number of nitrogens with one attached hydrogen (secondary N) is 3. The topological polar surface area (TPSA) is 134 Å². The van der Waals surface area contributed by atoms with Crippen molar-refractivity contribution >= 4 is 29.6 Å². The summed E-state index contributed by atoms with van der Waals surface area (Å²) in [7, 11) is 0. The Balaban J connectivity index is 1.79. The fraction of sp³-hybridized carbons (Fsp3) is 0.645. The van der Waals surface area contributed by atoms with Crippen LogP contribution in [0.5, 0.6) is 0 Å². The van der Waals surface area contributed by atoms with Gasteiger partial charge in [-0.15, -0.1) is 0 Å². The average Bonchev–Trinajstić information content (AvgIpc) is 3.49. The Hall–Kier alpha value is -3.50. The molecule has 1 heterocycles. The number of carbonyl (C=O) groups excluding carboxylic acids is 5. The fourth-order valence-electron chi connectivity index (χ4n) is 5.96. The van der Waals surface area contributed by atoms with Gasteiger partial charge in [-0.1, -0.05) is 57.5 Å². The molecule has 232 valence electrons. The number of carbonyl (C=O) groups is 5. The zero-order valence-corrected chi connectivity index (χ0v) is 25.4. The highest BCUT2D eigenvalue weighted by Crippen LogP contribution is 2.44. The van der Waals surface area contributed by atoms with Gasteiger partial charge >= 0.3 is 6.09 Å². The Morgan fingerprint density at radius 2 is 1.62 bits per heavy atom. The lowest BCUT2D eigenvalue weighted by Crippen LogP contribution is -2.58. The van der Waals surface area contributed by atoms with Crippen LogP contribution in [0.15, 0.2) is 30.3 Å². The lowest BCUT2D eigenvalue weighted by molar-refractivity contribution is -0.144. The number of halogens is 1. The number of likely N-dealkylation sites (tertiary alicyclic amines) is 1. The zero-order valence-electron chi connectivity index (χ0n) is 25.4. The first-order chi connectivity index (χ1) is 19.8. The highest BCUT2D eigenvalue weighted by atomic mass is 19.1. The van der Waals surface area contributed by atoms with Gasteiger partial charge < -0.3 is 25.6 Å². The lowest BCUT2D eigenvalue weighted by Gasteiger charge is -2.32. The van der Waals surface area contributed by atoms with Gasteiger partial charge in [-0.2, -0.15) is 0 Å². The van der Waals surface area contributed by atoms with Crippen molar-refractivity contribution in [3.05, 3.63) is 35.9 Å².